The number of esters is 1. The van der Waals surface area contributed by atoms with E-state index in [0.717, 1.165) is 35.3 Å². The number of ether oxygens (including phenoxy) is 1. The van der Waals surface area contributed by atoms with Crippen LogP contribution in [-0.2, 0) is 20.4 Å². The van der Waals surface area contributed by atoms with Crippen molar-refractivity contribution < 1.29 is 9.53 Å². The standard InChI is InChI=1S/C19H22N2O2/c1-5-23-16(22)19-11-10-18(4,17(19,2)3)14-15(19)21-13-9-7-6-8-12(13)20-14/h6-9H,5,10-11H2,1-4H3/t18-,19-/m0/s1. The zero-order valence-corrected chi connectivity index (χ0v) is 14.1. The molecule has 2 bridgehead atoms. The molecule has 23 heavy (non-hydrogen) atoms. The summed E-state index contributed by atoms with van der Waals surface area (Å²) < 4.78 is 5.49. The number of aromatic nitrogens is 2. The third-order valence-electron chi connectivity index (χ3n) is 6.57. The average Bonchev–Trinajstić information content (AvgIpc) is 2.82. The number of rotatable bonds is 2. The Hall–Kier alpha value is -1.97. The predicted octanol–water partition coefficient (Wildman–Crippen LogP) is 3.52. The van der Waals surface area contributed by atoms with Gasteiger partial charge < -0.3 is 4.74 Å². The summed E-state index contributed by atoms with van der Waals surface area (Å²) in [4.78, 5) is 22.8. The first-order valence-corrected chi connectivity index (χ1v) is 8.33. The van der Waals surface area contributed by atoms with Crippen molar-refractivity contribution >= 4 is 17.0 Å². The van der Waals surface area contributed by atoms with Crippen molar-refractivity contribution in [1.82, 2.24) is 9.97 Å². The van der Waals surface area contributed by atoms with E-state index in [2.05, 4.69) is 20.8 Å². The first-order valence-electron chi connectivity index (χ1n) is 8.33. The lowest BCUT2D eigenvalue weighted by Gasteiger charge is -2.38. The fourth-order valence-corrected chi connectivity index (χ4v) is 4.75. The maximum Gasteiger partial charge on any atom is 0.318 e. The van der Waals surface area contributed by atoms with Crippen molar-refractivity contribution in [2.45, 2.75) is 51.4 Å². The molecule has 0 saturated heterocycles. The molecule has 1 aromatic carbocycles. The van der Waals surface area contributed by atoms with Crippen molar-refractivity contribution in [3.8, 4) is 0 Å². The number of carbonyl (C=O) groups excluding carboxylic acids is 1. The molecule has 4 heteroatoms. The number of hydrogen-bond acceptors (Lipinski definition) is 4. The first-order chi connectivity index (χ1) is 10.9. The highest BCUT2D eigenvalue weighted by Crippen LogP contribution is 2.70. The summed E-state index contributed by atoms with van der Waals surface area (Å²) in [7, 11) is 0. The molecule has 2 atom stereocenters. The largest absolute Gasteiger partial charge is 0.465 e. The Balaban J connectivity index is 2.06. The van der Waals surface area contributed by atoms with Crippen molar-refractivity contribution in [3.05, 3.63) is 35.7 Å². The van der Waals surface area contributed by atoms with Crippen LogP contribution in [0.2, 0.25) is 0 Å². The molecular formula is C19H22N2O2. The molecule has 2 aliphatic carbocycles. The Bertz CT molecular complexity index is 829. The molecule has 0 radical (unpaired) electrons. The summed E-state index contributed by atoms with van der Waals surface area (Å²) in [6.07, 6.45) is 1.73. The summed E-state index contributed by atoms with van der Waals surface area (Å²) in [5.74, 6) is -0.142. The van der Waals surface area contributed by atoms with E-state index in [-0.39, 0.29) is 16.8 Å². The lowest BCUT2D eigenvalue weighted by Crippen LogP contribution is -2.46. The van der Waals surface area contributed by atoms with E-state index in [9.17, 15) is 4.79 Å². The minimum absolute atomic E-state index is 0.142. The van der Waals surface area contributed by atoms with Gasteiger partial charge in [0.1, 0.15) is 5.41 Å². The Morgan fingerprint density at radius 3 is 2.30 bits per heavy atom. The van der Waals surface area contributed by atoms with Crippen molar-refractivity contribution in [2.75, 3.05) is 6.61 Å². The highest BCUT2D eigenvalue weighted by molar-refractivity contribution is 5.89. The van der Waals surface area contributed by atoms with Crippen molar-refractivity contribution in [2.24, 2.45) is 5.41 Å². The van der Waals surface area contributed by atoms with Crippen LogP contribution in [-0.4, -0.2) is 22.5 Å². The second kappa shape index (κ2) is 4.31. The highest BCUT2D eigenvalue weighted by atomic mass is 16.5. The molecule has 2 aliphatic rings. The third-order valence-corrected chi connectivity index (χ3v) is 6.57. The van der Waals surface area contributed by atoms with E-state index in [0.29, 0.717) is 6.61 Å². The monoisotopic (exact) mass is 310 g/mol. The van der Waals surface area contributed by atoms with E-state index in [1.165, 1.54) is 0 Å². The smallest absolute Gasteiger partial charge is 0.318 e. The fraction of sp³-hybridized carbons (Fsp3) is 0.526. The zero-order chi connectivity index (χ0) is 16.5. The van der Waals surface area contributed by atoms with Crippen LogP contribution in [0.5, 0.6) is 0 Å². The van der Waals surface area contributed by atoms with Crippen LogP contribution in [0.4, 0.5) is 0 Å². The van der Waals surface area contributed by atoms with Gasteiger partial charge in [0.05, 0.1) is 29.0 Å². The fourth-order valence-electron chi connectivity index (χ4n) is 4.75. The Morgan fingerprint density at radius 2 is 1.70 bits per heavy atom. The van der Waals surface area contributed by atoms with E-state index in [1.807, 2.05) is 31.2 Å². The molecule has 1 fully saturated rings. The van der Waals surface area contributed by atoms with Crippen LogP contribution in [0.3, 0.4) is 0 Å². The number of para-hydroxylation sites is 2. The minimum Gasteiger partial charge on any atom is -0.465 e. The summed E-state index contributed by atoms with van der Waals surface area (Å²) in [5.41, 5.74) is 2.49. The summed E-state index contributed by atoms with van der Waals surface area (Å²) in [5, 5.41) is 0. The Kier molecular flexibility index (Phi) is 2.74. The van der Waals surface area contributed by atoms with Crippen LogP contribution in [0.1, 0.15) is 51.9 Å². The van der Waals surface area contributed by atoms with Gasteiger partial charge in [-0.25, -0.2) is 9.97 Å². The second-order valence-electron chi connectivity index (χ2n) is 7.49. The number of hydrogen-bond donors (Lipinski definition) is 0. The van der Waals surface area contributed by atoms with Gasteiger partial charge in [-0.1, -0.05) is 32.9 Å². The topological polar surface area (TPSA) is 52.1 Å². The lowest BCUT2D eigenvalue weighted by molar-refractivity contribution is -0.154. The van der Waals surface area contributed by atoms with Crippen molar-refractivity contribution in [3.63, 3.8) is 0 Å². The maximum absolute atomic E-state index is 13.0. The predicted molar refractivity (Wildman–Crippen MR) is 88.2 cm³/mol. The zero-order valence-electron chi connectivity index (χ0n) is 14.1. The summed E-state index contributed by atoms with van der Waals surface area (Å²) in [6, 6.07) is 7.89. The molecule has 120 valence electrons. The molecule has 2 aromatic rings. The van der Waals surface area contributed by atoms with Gasteiger partial charge >= 0.3 is 5.97 Å². The lowest BCUT2D eigenvalue weighted by atomic mass is 9.64. The first kappa shape index (κ1) is 14.6. The Labute approximate surface area is 136 Å². The van der Waals surface area contributed by atoms with Crippen LogP contribution in [0, 0.1) is 5.41 Å². The molecule has 0 N–H and O–H groups in total. The maximum atomic E-state index is 13.0. The molecule has 0 amide bonds. The van der Waals surface area contributed by atoms with Crippen LogP contribution in [0.15, 0.2) is 24.3 Å². The van der Waals surface area contributed by atoms with Crippen molar-refractivity contribution in [1.29, 1.82) is 0 Å². The molecule has 1 aromatic heterocycles. The SMILES string of the molecule is CCOC(=O)[C@]12CC[C@@](C)(c3nc4ccccc4nc31)C2(C)C. The minimum atomic E-state index is -0.676. The number of benzene rings is 1. The average molecular weight is 310 g/mol. The normalized spacial score (nSPS) is 30.4. The van der Waals surface area contributed by atoms with Gasteiger partial charge in [0.2, 0.25) is 0 Å². The van der Waals surface area contributed by atoms with Crippen LogP contribution in [0.25, 0.3) is 11.0 Å². The highest BCUT2D eigenvalue weighted by Gasteiger charge is 2.73. The number of carbonyl (C=O) groups is 1. The van der Waals surface area contributed by atoms with Gasteiger partial charge in [-0.3, -0.25) is 4.79 Å². The van der Waals surface area contributed by atoms with Crippen LogP contribution < -0.4 is 0 Å². The molecule has 1 heterocycles. The van der Waals surface area contributed by atoms with Gasteiger partial charge in [0.15, 0.2) is 0 Å². The molecule has 4 nitrogen and oxygen atoms in total. The third kappa shape index (κ3) is 1.45. The second-order valence-corrected chi connectivity index (χ2v) is 7.49. The van der Waals surface area contributed by atoms with Gasteiger partial charge in [0.25, 0.3) is 0 Å². The molecule has 4 rings (SSSR count). The number of fused-ring (bicyclic) bond motifs is 6. The van der Waals surface area contributed by atoms with Gasteiger partial charge in [0, 0.05) is 5.41 Å². The quantitative estimate of drug-likeness (QED) is 0.796. The van der Waals surface area contributed by atoms with E-state index >= 15 is 0 Å². The van der Waals surface area contributed by atoms with E-state index < -0.39 is 5.41 Å². The molecule has 0 spiro atoms. The van der Waals surface area contributed by atoms with E-state index in [1.54, 1.807) is 0 Å². The van der Waals surface area contributed by atoms with Gasteiger partial charge in [-0.2, -0.15) is 0 Å². The van der Waals surface area contributed by atoms with E-state index in [4.69, 9.17) is 14.7 Å². The number of nitrogens with zero attached hydrogens (tertiary/aromatic N) is 2. The van der Waals surface area contributed by atoms with Gasteiger partial charge in [-0.05, 0) is 37.3 Å². The summed E-state index contributed by atoms with van der Waals surface area (Å²) >= 11 is 0. The Morgan fingerprint density at radius 1 is 1.09 bits per heavy atom. The van der Waals surface area contributed by atoms with Crippen LogP contribution >= 0.6 is 0 Å². The summed E-state index contributed by atoms with van der Waals surface area (Å²) in [6.45, 7) is 8.82. The van der Waals surface area contributed by atoms with Gasteiger partial charge in [-0.15, -0.1) is 0 Å². The molecule has 0 unspecified atom stereocenters. The molecule has 0 aliphatic heterocycles. The molecular weight excluding hydrogens is 288 g/mol. The molecule has 1 saturated carbocycles.